The first kappa shape index (κ1) is 11.7. The van der Waals surface area contributed by atoms with Gasteiger partial charge in [-0.05, 0) is 50.3 Å². The maximum atomic E-state index is 13.2. The second-order valence-corrected chi connectivity index (χ2v) is 7.00. The van der Waals surface area contributed by atoms with E-state index >= 15 is 0 Å². The number of nitrogens with one attached hydrogen (secondary N) is 1. The molecule has 4 aromatic rings. The Kier molecular flexibility index (Phi) is 3.06. The molecule has 1 N–H and O–H groups in total. The average Bonchev–Trinajstić information content (AvgIpc) is 3.25. The van der Waals surface area contributed by atoms with Crippen molar-refractivity contribution in [1.82, 2.24) is 24.5 Å². The van der Waals surface area contributed by atoms with Crippen molar-refractivity contribution in [2.24, 2.45) is 7.05 Å². The summed E-state index contributed by atoms with van der Waals surface area (Å²) in [5.41, 5.74) is 1.83. The van der Waals surface area contributed by atoms with Crippen molar-refractivity contribution < 1.29 is 18.5 Å². The maximum Gasteiger partial charge on any atom is 0.257 e. The van der Waals surface area contributed by atoms with Crippen molar-refractivity contribution in [3.8, 4) is 11.4 Å². The molecule has 0 bridgehead atoms. The number of piperidine rings is 1. The largest absolute Gasteiger partial charge is 0.357 e. The number of aromatic nitrogens is 5. The summed E-state index contributed by atoms with van der Waals surface area (Å²) in [4.78, 5) is 30.3. The van der Waals surface area contributed by atoms with E-state index in [-0.39, 0.29) is 16.3 Å². The van der Waals surface area contributed by atoms with Gasteiger partial charge >= 0.3 is 0 Å². The average molecular weight is 438 g/mol. The number of aryl methyl sites for hydroxylation is 1. The number of fused-ring (bicyclic) bond motifs is 1. The van der Waals surface area contributed by atoms with Crippen LogP contribution in [0.3, 0.4) is 0 Å². The zero-order valence-corrected chi connectivity index (χ0v) is 17.2. The number of pyridine rings is 3. The minimum Gasteiger partial charge on any atom is -0.357 e. The number of hydrogen-bond acceptors (Lipinski definition) is 6. The van der Waals surface area contributed by atoms with E-state index in [1.54, 1.807) is 12.3 Å². The molecule has 0 aliphatic carbocycles. The van der Waals surface area contributed by atoms with E-state index < -0.39 is 43.8 Å². The van der Waals surface area contributed by atoms with Gasteiger partial charge in [0.2, 0.25) is 0 Å². The molecule has 0 aromatic carbocycles. The lowest BCUT2D eigenvalue weighted by Crippen LogP contribution is -2.30. The number of rotatable bonds is 4. The molecule has 0 saturated carbocycles. The van der Waals surface area contributed by atoms with E-state index in [4.69, 9.17) is 13.7 Å². The fraction of sp³-hybridized carbons (Fsp3) is 0.292. The molecule has 0 atom stereocenters. The van der Waals surface area contributed by atoms with Gasteiger partial charge in [0, 0.05) is 63.2 Å². The molecule has 1 saturated heterocycles. The molecule has 1 fully saturated rings. The van der Waals surface area contributed by atoms with Crippen LogP contribution in [-0.2, 0) is 7.05 Å². The van der Waals surface area contributed by atoms with Crippen LogP contribution in [0.1, 0.15) is 49.0 Å². The Morgan fingerprint density at radius 1 is 1.06 bits per heavy atom. The molecular formula is C24H25N7O. The van der Waals surface area contributed by atoms with Gasteiger partial charge in [0.25, 0.3) is 5.91 Å². The van der Waals surface area contributed by atoms with Crippen LogP contribution in [0.25, 0.3) is 22.3 Å². The lowest BCUT2D eigenvalue weighted by Gasteiger charge is -2.27. The molecule has 1 amide bonds. The molecule has 8 heteroatoms. The van der Waals surface area contributed by atoms with Crippen LogP contribution in [-0.4, -0.2) is 43.4 Å². The van der Waals surface area contributed by atoms with Gasteiger partial charge in [-0.2, -0.15) is 0 Å². The highest BCUT2D eigenvalue weighted by atomic mass is 16.1. The first-order chi connectivity index (χ1) is 19.3. The highest BCUT2D eigenvalue weighted by molar-refractivity contribution is 6.04. The number of hydrogen-bond donors (Lipinski definition) is 1. The van der Waals surface area contributed by atoms with Crippen molar-refractivity contribution >= 4 is 28.4 Å². The van der Waals surface area contributed by atoms with Crippen LogP contribution in [0.4, 0.5) is 11.6 Å². The minimum atomic E-state index is -3.57. The van der Waals surface area contributed by atoms with Gasteiger partial charge in [-0.3, -0.25) is 4.79 Å². The van der Waals surface area contributed by atoms with Gasteiger partial charge in [-0.25, -0.2) is 19.9 Å². The predicted octanol–water partition coefficient (Wildman–Crippen LogP) is 3.98. The summed E-state index contributed by atoms with van der Waals surface area (Å²) >= 11 is 0. The smallest absolute Gasteiger partial charge is 0.257 e. The van der Waals surface area contributed by atoms with E-state index in [9.17, 15) is 4.79 Å². The Balaban J connectivity index is 1.48. The van der Waals surface area contributed by atoms with Crippen LogP contribution >= 0.6 is 0 Å². The third-order valence-electron chi connectivity index (χ3n) is 5.00. The Morgan fingerprint density at radius 3 is 2.69 bits per heavy atom. The quantitative estimate of drug-likeness (QED) is 0.520. The Labute approximate surface area is 200 Å². The van der Waals surface area contributed by atoms with Gasteiger partial charge in [0.05, 0.1) is 23.1 Å². The van der Waals surface area contributed by atoms with Crippen molar-refractivity contribution in [2.75, 3.05) is 23.2 Å². The summed E-state index contributed by atoms with van der Waals surface area (Å²) in [6.45, 7) is -4.96. The van der Waals surface area contributed by atoms with Gasteiger partial charge in [-0.15, -0.1) is 0 Å². The van der Waals surface area contributed by atoms with E-state index in [0.29, 0.717) is 16.6 Å². The molecule has 32 heavy (non-hydrogen) atoms. The zero-order valence-electron chi connectivity index (χ0n) is 27.2. The van der Waals surface area contributed by atoms with Crippen LogP contribution in [0.15, 0.2) is 48.9 Å². The number of carbonyl (C=O) groups is 1. The van der Waals surface area contributed by atoms with E-state index in [1.807, 2.05) is 30.7 Å². The van der Waals surface area contributed by atoms with Crippen molar-refractivity contribution in [3.63, 3.8) is 0 Å². The van der Waals surface area contributed by atoms with Gasteiger partial charge in [0.1, 0.15) is 17.5 Å². The highest BCUT2D eigenvalue weighted by Crippen LogP contribution is 2.23. The molecule has 0 spiro atoms. The van der Waals surface area contributed by atoms with E-state index in [0.717, 1.165) is 23.8 Å². The third kappa shape index (κ3) is 3.91. The molecule has 0 radical (unpaired) electrons. The SMILES string of the molecule is [2H]C1([2H])N(c2cc(C(=O)Nc3cc4nc(-c5cnc(C)n5C)ccc4cn3)ccn2)C([2H])([2H])C([2H])([2H])C([2H])([2H])C1([2H])[2H]. The number of anilines is 2. The normalized spacial score (nSPS) is 26.5. The molecule has 4 aromatic heterocycles. The highest BCUT2D eigenvalue weighted by Gasteiger charge is 2.15. The van der Waals surface area contributed by atoms with Gasteiger partial charge in [0.15, 0.2) is 0 Å². The molecule has 1 aliphatic heterocycles. The van der Waals surface area contributed by atoms with Crippen LogP contribution in [0.5, 0.6) is 0 Å². The Hall–Kier alpha value is -3.81. The van der Waals surface area contributed by atoms with E-state index in [1.165, 1.54) is 12.3 Å². The summed E-state index contributed by atoms with van der Waals surface area (Å²) in [6.07, 6.45) is -6.34. The predicted molar refractivity (Wildman–Crippen MR) is 125 cm³/mol. The minimum absolute atomic E-state index is 0.109. The number of carbonyl (C=O) groups excluding carboxylic acids is 1. The standard InChI is InChI=1S/C24H25N7O/c1-16-26-15-21(30(16)2)19-7-6-18-14-27-22(13-20(18)28-19)29-24(32)17-8-9-25-23(12-17)31-10-4-3-5-11-31/h6-9,12-15H,3-5,10-11H2,1-2H3,(H,27,29,32)/i3D2,4D2,5D2,10D2,11D2. The summed E-state index contributed by atoms with van der Waals surface area (Å²) in [7, 11) is 1.87. The Morgan fingerprint density at radius 2 is 1.91 bits per heavy atom. The van der Waals surface area contributed by atoms with E-state index in [2.05, 4.69) is 25.3 Å². The molecule has 162 valence electrons. The van der Waals surface area contributed by atoms with Crippen LogP contribution in [0, 0.1) is 6.92 Å². The lowest BCUT2D eigenvalue weighted by atomic mass is 10.1. The van der Waals surface area contributed by atoms with Crippen LogP contribution in [0.2, 0.25) is 0 Å². The van der Waals surface area contributed by atoms with Crippen molar-refractivity contribution in [3.05, 3.63) is 60.3 Å². The number of imidazole rings is 1. The Bertz CT molecular complexity index is 1690. The molecular weight excluding hydrogens is 402 g/mol. The van der Waals surface area contributed by atoms with Crippen molar-refractivity contribution in [1.29, 1.82) is 0 Å². The summed E-state index contributed by atoms with van der Waals surface area (Å²) in [5.74, 6) is -0.419. The van der Waals surface area contributed by atoms with Gasteiger partial charge < -0.3 is 14.8 Å². The molecule has 0 unspecified atom stereocenters. The number of amides is 1. The second kappa shape index (κ2) is 8.37. The first-order valence-electron chi connectivity index (χ1n) is 14.7. The van der Waals surface area contributed by atoms with Crippen molar-refractivity contribution in [2.45, 2.75) is 26.0 Å². The lowest BCUT2D eigenvalue weighted by molar-refractivity contribution is 0.102. The molecule has 1 aliphatic rings. The third-order valence-corrected chi connectivity index (χ3v) is 5.00. The molecule has 8 nitrogen and oxygen atoms in total. The summed E-state index contributed by atoms with van der Waals surface area (Å²) in [5, 5.41) is 3.30. The zero-order chi connectivity index (χ0) is 31.0. The fourth-order valence-electron chi connectivity index (χ4n) is 3.18. The molecule has 5 heterocycles. The maximum absolute atomic E-state index is 13.2. The molecule has 5 rings (SSSR count). The first-order valence-corrected chi connectivity index (χ1v) is 9.68. The second-order valence-electron chi connectivity index (χ2n) is 7.00. The van der Waals surface area contributed by atoms with Gasteiger partial charge in [-0.1, -0.05) is 0 Å². The summed E-state index contributed by atoms with van der Waals surface area (Å²) < 4.78 is 83.7. The van der Waals surface area contributed by atoms with Crippen LogP contribution < -0.4 is 10.2 Å². The number of nitrogens with zero attached hydrogens (tertiary/aromatic N) is 6. The fourth-order valence-corrected chi connectivity index (χ4v) is 3.18. The monoisotopic (exact) mass is 437 g/mol. The summed E-state index contributed by atoms with van der Waals surface area (Å²) in [6, 6.07) is 7.42. The topological polar surface area (TPSA) is 88.8 Å².